The zero-order valence-electron chi connectivity index (χ0n) is 35.0. The average molecular weight is 893 g/mol. The summed E-state index contributed by atoms with van der Waals surface area (Å²) < 4.78 is 36.8. The number of sulfonamides is 1. The van der Waals surface area contributed by atoms with Gasteiger partial charge in [0.15, 0.2) is 5.65 Å². The second-order valence-electron chi connectivity index (χ2n) is 17.3. The Kier molecular flexibility index (Phi) is 11.7. The Labute approximate surface area is 369 Å². The number of fused-ring (bicyclic) bond motifs is 2. The Bertz CT molecular complexity index is 2850. The maximum Gasteiger partial charge on any atom is 0.293 e. The number of allylic oxidation sites excluding steroid dienone is 1. The van der Waals surface area contributed by atoms with Crippen LogP contribution < -0.4 is 20.7 Å². The number of hydrogen-bond donors (Lipinski definition) is 5. The van der Waals surface area contributed by atoms with Crippen LogP contribution in [0.1, 0.15) is 55.5 Å². The summed E-state index contributed by atoms with van der Waals surface area (Å²) in [5.74, 6) is -0.922. The van der Waals surface area contributed by atoms with Crippen LogP contribution in [0.4, 0.5) is 17.1 Å². The minimum atomic E-state index is -4.57. The summed E-state index contributed by atoms with van der Waals surface area (Å²) in [6.45, 7) is 9.44. The van der Waals surface area contributed by atoms with E-state index >= 15 is 0 Å². The fourth-order valence-corrected chi connectivity index (χ4v) is 9.84. The van der Waals surface area contributed by atoms with Crippen molar-refractivity contribution in [1.82, 2.24) is 34.7 Å². The van der Waals surface area contributed by atoms with E-state index in [1.54, 1.807) is 35.3 Å². The predicted octanol–water partition coefficient (Wildman–Crippen LogP) is 7.13. The number of anilines is 2. The number of aromatic amines is 1. The van der Waals surface area contributed by atoms with Crippen LogP contribution in [0, 0.1) is 15.5 Å². The van der Waals surface area contributed by atoms with Crippen LogP contribution >= 0.6 is 11.6 Å². The standard InChI is InChI=1S/C45H49ClN10O6S/c1-45(2)14-11-30(37(22-45)28-3-5-31(46)6-4-28)23-47-16-17-48-32-7-9-36(40(20-32)55-41-19-29-12-15-49-43(29)52-39(41)24-50-55)44(57)53-63(60,61)35-8-10-38(42(21-35)56(58)59)51-33-13-18-54(25-33)34-26-62-27-34/h3-10,12,15,19-21,24,33-34,47-48,50-51H,11,13-14,16-18,22-23,25-27H2,1-2H3,(H,53,57). The first-order chi connectivity index (χ1) is 30.3. The maximum absolute atomic E-state index is 14.1. The summed E-state index contributed by atoms with van der Waals surface area (Å²) in [4.78, 5) is 36.5. The molecule has 3 aromatic carbocycles. The second-order valence-corrected chi connectivity index (χ2v) is 19.4. The van der Waals surface area contributed by atoms with Crippen LogP contribution in [0.5, 0.6) is 0 Å². The normalized spacial score (nSPS) is 18.2. The number of halogens is 1. The van der Waals surface area contributed by atoms with Crippen molar-refractivity contribution in [2.75, 3.05) is 56.6 Å². The molecule has 18 heteroatoms. The van der Waals surface area contributed by atoms with E-state index in [1.165, 1.54) is 28.8 Å². The first-order valence-electron chi connectivity index (χ1n) is 21.1. The van der Waals surface area contributed by atoms with Crippen molar-refractivity contribution in [2.24, 2.45) is 5.41 Å². The van der Waals surface area contributed by atoms with Crippen LogP contribution in [0.25, 0.3) is 33.3 Å². The molecule has 1 aliphatic carbocycles. The number of pyridine rings is 1. The lowest BCUT2D eigenvalue weighted by molar-refractivity contribution is -0.384. The van der Waals surface area contributed by atoms with Gasteiger partial charge in [-0.3, -0.25) is 29.6 Å². The Balaban J connectivity index is 0.933. The molecule has 6 aromatic rings. The van der Waals surface area contributed by atoms with Crippen molar-refractivity contribution in [2.45, 2.75) is 56.5 Å². The number of nitrogens with one attached hydrogen (secondary N) is 5. The highest BCUT2D eigenvalue weighted by Gasteiger charge is 2.34. The van der Waals surface area contributed by atoms with E-state index < -0.39 is 31.4 Å². The average Bonchev–Trinajstić information content (AvgIpc) is 4.00. The molecule has 5 N–H and O–H groups in total. The molecule has 2 saturated heterocycles. The number of aromatic nitrogens is 4. The number of ether oxygens (including phenoxy) is 1. The molecule has 16 nitrogen and oxygen atoms in total. The molecule has 0 bridgehead atoms. The smallest absolute Gasteiger partial charge is 0.293 e. The molecule has 0 saturated carbocycles. The number of benzene rings is 3. The molecule has 1 unspecified atom stereocenters. The van der Waals surface area contributed by atoms with E-state index in [0.717, 1.165) is 50.2 Å². The molecule has 3 aromatic heterocycles. The summed E-state index contributed by atoms with van der Waals surface area (Å²) in [6, 6.07) is 20.7. The van der Waals surface area contributed by atoms with Crippen LogP contribution in [0.3, 0.4) is 0 Å². The number of rotatable bonds is 15. The summed E-state index contributed by atoms with van der Waals surface area (Å²) in [7, 11) is -4.57. The summed E-state index contributed by atoms with van der Waals surface area (Å²) >= 11 is 6.21. The van der Waals surface area contributed by atoms with Crippen molar-refractivity contribution in [1.29, 1.82) is 0 Å². The molecule has 0 radical (unpaired) electrons. The lowest BCUT2D eigenvalue weighted by Gasteiger charge is -2.34. The van der Waals surface area contributed by atoms with Gasteiger partial charge in [-0.1, -0.05) is 43.2 Å². The SMILES string of the molecule is CC1(C)CCC(CNCCNc2ccc(C(=O)NS(=O)(=O)c3ccc(NC4CCN(C5COC5)C4)c([N+](=O)[O-])c3)c(-n3[nH]cc4nc5nccc5cc43)c2)=C(c2ccc(Cl)cc2)C1. The van der Waals surface area contributed by atoms with Gasteiger partial charge in [-0.25, -0.2) is 23.1 Å². The van der Waals surface area contributed by atoms with Gasteiger partial charge in [0.1, 0.15) is 11.2 Å². The number of likely N-dealkylation sites (tertiary alicyclic amines) is 1. The number of H-pyrrole nitrogens is 1. The van der Waals surface area contributed by atoms with Gasteiger partial charge in [-0.2, -0.15) is 0 Å². The molecule has 2 fully saturated rings. The first-order valence-corrected chi connectivity index (χ1v) is 23.0. The lowest BCUT2D eigenvalue weighted by Crippen LogP contribution is -2.48. The van der Waals surface area contributed by atoms with E-state index in [-0.39, 0.29) is 22.7 Å². The van der Waals surface area contributed by atoms with Crippen molar-refractivity contribution in [3.8, 4) is 5.69 Å². The Morgan fingerprint density at radius 2 is 1.89 bits per heavy atom. The third kappa shape index (κ3) is 9.15. The quantitative estimate of drug-likeness (QED) is 0.0397. The van der Waals surface area contributed by atoms with E-state index in [9.17, 15) is 23.3 Å². The highest BCUT2D eigenvalue weighted by Crippen LogP contribution is 2.43. The summed E-state index contributed by atoms with van der Waals surface area (Å²) in [6.07, 6.45) is 7.23. The summed E-state index contributed by atoms with van der Waals surface area (Å²) in [5, 5.41) is 27.2. The van der Waals surface area contributed by atoms with Crippen LogP contribution in [-0.4, -0.2) is 102 Å². The number of nitrogens with zero attached hydrogens (tertiary/aromatic N) is 5. The fourth-order valence-electron chi connectivity index (χ4n) is 8.73. The molecular weight excluding hydrogens is 844 g/mol. The largest absolute Gasteiger partial charge is 0.384 e. The number of amides is 1. The predicted molar refractivity (Wildman–Crippen MR) is 244 cm³/mol. The van der Waals surface area contributed by atoms with Gasteiger partial charge in [0.25, 0.3) is 21.6 Å². The molecule has 1 atom stereocenters. The minimum absolute atomic E-state index is 0.0362. The maximum atomic E-state index is 14.1. The van der Waals surface area contributed by atoms with Gasteiger partial charge in [-0.15, -0.1) is 0 Å². The van der Waals surface area contributed by atoms with E-state index in [1.807, 2.05) is 24.3 Å². The number of carbonyl (C=O) groups excluding carboxylic acids is 1. The van der Waals surface area contributed by atoms with Gasteiger partial charge in [0.2, 0.25) is 0 Å². The van der Waals surface area contributed by atoms with Gasteiger partial charge >= 0.3 is 0 Å². The molecule has 5 heterocycles. The Morgan fingerprint density at radius 3 is 2.67 bits per heavy atom. The van der Waals surface area contributed by atoms with Gasteiger partial charge in [0.05, 0.1) is 45.8 Å². The lowest BCUT2D eigenvalue weighted by atomic mass is 9.72. The zero-order valence-corrected chi connectivity index (χ0v) is 36.6. The van der Waals surface area contributed by atoms with Gasteiger partial charge in [0, 0.05) is 73.3 Å². The molecule has 0 spiro atoms. The first kappa shape index (κ1) is 42.5. The van der Waals surface area contributed by atoms with E-state index in [0.29, 0.717) is 72.0 Å². The Hall–Kier alpha value is -5.85. The second kappa shape index (κ2) is 17.4. The fraction of sp³-hybridized carbons (Fsp3) is 0.356. The molecule has 2 aliphatic heterocycles. The monoisotopic (exact) mass is 892 g/mol. The topological polar surface area (TPSA) is 201 Å². The Morgan fingerprint density at radius 1 is 1.06 bits per heavy atom. The molecule has 63 heavy (non-hydrogen) atoms. The van der Waals surface area contributed by atoms with Crippen molar-refractivity contribution in [3.63, 3.8) is 0 Å². The molecule has 1 amide bonds. The number of carbonyl (C=O) groups is 1. The van der Waals surface area contributed by atoms with Crippen LogP contribution in [0.2, 0.25) is 5.02 Å². The summed E-state index contributed by atoms with van der Waals surface area (Å²) in [5.41, 5.74) is 6.83. The van der Waals surface area contributed by atoms with Gasteiger partial charge < -0.3 is 20.7 Å². The van der Waals surface area contributed by atoms with Crippen LogP contribution in [0.15, 0.2) is 95.7 Å². The molecular formula is C45H49ClN10O6S. The zero-order chi connectivity index (χ0) is 43.9. The van der Waals surface area contributed by atoms with Crippen LogP contribution in [-0.2, 0) is 14.8 Å². The van der Waals surface area contributed by atoms with Crippen molar-refractivity contribution >= 4 is 72.2 Å². The number of nitro groups is 1. The molecule has 9 rings (SSSR count). The van der Waals surface area contributed by atoms with Crippen molar-refractivity contribution < 1.29 is 22.9 Å². The van der Waals surface area contributed by atoms with E-state index in [4.69, 9.17) is 16.3 Å². The minimum Gasteiger partial charge on any atom is -0.384 e. The molecule has 3 aliphatic rings. The van der Waals surface area contributed by atoms with Gasteiger partial charge in [-0.05, 0) is 96.8 Å². The third-order valence-corrected chi connectivity index (χ3v) is 13.9. The van der Waals surface area contributed by atoms with E-state index in [2.05, 4.69) is 66.6 Å². The highest BCUT2D eigenvalue weighted by atomic mass is 35.5. The number of hydrogen-bond acceptors (Lipinski definition) is 12. The highest BCUT2D eigenvalue weighted by molar-refractivity contribution is 7.90. The van der Waals surface area contributed by atoms with Crippen molar-refractivity contribution in [3.05, 3.63) is 117 Å². The number of nitro benzene ring substituents is 1. The molecule has 328 valence electrons. The third-order valence-electron chi connectivity index (χ3n) is 12.3.